The molecule has 1 aromatic carbocycles. The minimum absolute atomic E-state index is 0.200. The first-order valence-electron chi connectivity index (χ1n) is 9.58. The van der Waals surface area contributed by atoms with E-state index in [0.717, 1.165) is 11.3 Å². The summed E-state index contributed by atoms with van der Waals surface area (Å²) >= 11 is 0. The molecular weight excluding hydrogens is 390 g/mol. The SMILES string of the molecule is COc1ccc(C2=NN(C(=O)COC(=O)[C@@H]3CCC(=O)N3)[C@@H](c3ccco3)C2)cc1. The fourth-order valence-electron chi connectivity index (χ4n) is 3.49. The van der Waals surface area contributed by atoms with Gasteiger partial charge in [-0.15, -0.1) is 0 Å². The highest BCUT2D eigenvalue weighted by Gasteiger charge is 2.36. The van der Waals surface area contributed by atoms with Crippen LogP contribution < -0.4 is 10.1 Å². The molecule has 1 saturated heterocycles. The van der Waals surface area contributed by atoms with E-state index < -0.39 is 30.6 Å². The van der Waals surface area contributed by atoms with Crippen LogP contribution in [0.3, 0.4) is 0 Å². The molecule has 0 aliphatic carbocycles. The number of furan rings is 1. The fraction of sp³-hybridized carbons (Fsp3) is 0.333. The molecule has 2 amide bonds. The molecule has 2 atom stereocenters. The number of amides is 2. The number of carbonyl (C=O) groups is 3. The number of ether oxygens (including phenoxy) is 2. The van der Waals surface area contributed by atoms with Crippen molar-refractivity contribution in [1.82, 2.24) is 10.3 Å². The number of nitrogens with one attached hydrogen (secondary N) is 1. The summed E-state index contributed by atoms with van der Waals surface area (Å²) in [5, 5.41) is 8.29. The van der Waals surface area contributed by atoms with Crippen LogP contribution in [-0.2, 0) is 19.1 Å². The maximum absolute atomic E-state index is 12.8. The van der Waals surface area contributed by atoms with Crippen LogP contribution in [0.15, 0.2) is 52.2 Å². The van der Waals surface area contributed by atoms with E-state index in [1.807, 2.05) is 24.3 Å². The molecule has 3 heterocycles. The second kappa shape index (κ2) is 8.40. The van der Waals surface area contributed by atoms with E-state index in [2.05, 4.69) is 10.4 Å². The van der Waals surface area contributed by atoms with E-state index in [-0.39, 0.29) is 12.3 Å². The molecule has 0 spiro atoms. The van der Waals surface area contributed by atoms with Gasteiger partial charge in [-0.05, 0) is 48.4 Å². The maximum atomic E-state index is 12.8. The molecule has 9 nitrogen and oxygen atoms in total. The van der Waals surface area contributed by atoms with Gasteiger partial charge >= 0.3 is 5.97 Å². The summed E-state index contributed by atoms with van der Waals surface area (Å²) in [5.74, 6) is 0.0121. The Bertz CT molecular complexity index is 967. The highest BCUT2D eigenvalue weighted by atomic mass is 16.5. The monoisotopic (exact) mass is 411 g/mol. The second-order valence-electron chi connectivity index (χ2n) is 7.02. The quantitative estimate of drug-likeness (QED) is 0.726. The van der Waals surface area contributed by atoms with Crippen LogP contribution in [0.5, 0.6) is 5.75 Å². The van der Waals surface area contributed by atoms with Crippen LogP contribution in [0.1, 0.15) is 36.6 Å². The minimum Gasteiger partial charge on any atom is -0.497 e. The average molecular weight is 411 g/mol. The van der Waals surface area contributed by atoms with Crippen molar-refractivity contribution < 1.29 is 28.3 Å². The number of nitrogens with zero attached hydrogens (tertiary/aromatic N) is 2. The van der Waals surface area contributed by atoms with Gasteiger partial charge < -0.3 is 19.2 Å². The lowest BCUT2D eigenvalue weighted by Gasteiger charge is -2.20. The largest absolute Gasteiger partial charge is 0.497 e. The molecule has 30 heavy (non-hydrogen) atoms. The Hall–Kier alpha value is -3.62. The van der Waals surface area contributed by atoms with Gasteiger partial charge in [-0.2, -0.15) is 5.10 Å². The lowest BCUT2D eigenvalue weighted by Crippen LogP contribution is -2.37. The van der Waals surface area contributed by atoms with Crippen molar-refractivity contribution in [2.75, 3.05) is 13.7 Å². The van der Waals surface area contributed by atoms with Crippen molar-refractivity contribution in [3.63, 3.8) is 0 Å². The molecule has 0 radical (unpaired) electrons. The van der Waals surface area contributed by atoms with Crippen molar-refractivity contribution in [2.45, 2.75) is 31.3 Å². The number of hydrogen-bond acceptors (Lipinski definition) is 7. The molecule has 4 rings (SSSR count). The molecule has 0 saturated carbocycles. The average Bonchev–Trinajstić information content (AvgIpc) is 3.51. The van der Waals surface area contributed by atoms with Gasteiger partial charge in [-0.3, -0.25) is 9.59 Å². The minimum atomic E-state index is -0.705. The van der Waals surface area contributed by atoms with Crippen LogP contribution in [0, 0.1) is 0 Å². The van der Waals surface area contributed by atoms with E-state index in [4.69, 9.17) is 13.9 Å². The van der Waals surface area contributed by atoms with Crippen molar-refractivity contribution in [3.05, 3.63) is 54.0 Å². The molecule has 1 aromatic heterocycles. The normalized spacial score (nSPS) is 20.6. The molecule has 2 aromatic rings. The summed E-state index contributed by atoms with van der Waals surface area (Å²) in [7, 11) is 1.59. The predicted molar refractivity (Wildman–Crippen MR) is 105 cm³/mol. The van der Waals surface area contributed by atoms with Crippen molar-refractivity contribution in [2.24, 2.45) is 5.10 Å². The zero-order valence-corrected chi connectivity index (χ0v) is 16.4. The van der Waals surface area contributed by atoms with Gasteiger partial charge in [0.05, 0.1) is 19.1 Å². The Labute approximate surface area is 172 Å². The number of rotatable bonds is 6. The van der Waals surface area contributed by atoms with E-state index >= 15 is 0 Å². The van der Waals surface area contributed by atoms with Crippen LogP contribution in [0.2, 0.25) is 0 Å². The summed E-state index contributed by atoms with van der Waals surface area (Å²) in [4.78, 5) is 36.2. The number of carbonyl (C=O) groups excluding carboxylic acids is 3. The second-order valence-corrected chi connectivity index (χ2v) is 7.02. The fourth-order valence-corrected chi connectivity index (χ4v) is 3.49. The molecule has 156 valence electrons. The number of benzene rings is 1. The van der Waals surface area contributed by atoms with Crippen molar-refractivity contribution in [3.8, 4) is 5.75 Å². The first-order valence-corrected chi connectivity index (χ1v) is 9.58. The first kappa shape index (κ1) is 19.7. The highest BCUT2D eigenvalue weighted by Crippen LogP contribution is 2.33. The van der Waals surface area contributed by atoms with E-state index in [9.17, 15) is 14.4 Å². The van der Waals surface area contributed by atoms with Gasteiger partial charge in [0.25, 0.3) is 5.91 Å². The molecule has 2 aliphatic rings. The smallest absolute Gasteiger partial charge is 0.329 e. The molecule has 2 aliphatic heterocycles. The predicted octanol–water partition coefficient (Wildman–Crippen LogP) is 1.79. The first-order chi connectivity index (χ1) is 14.5. The lowest BCUT2D eigenvalue weighted by atomic mass is 10.0. The molecule has 9 heteroatoms. The Morgan fingerprint density at radius 2 is 2.07 bits per heavy atom. The van der Waals surface area contributed by atoms with Gasteiger partial charge in [-0.25, -0.2) is 9.80 Å². The van der Waals surface area contributed by atoms with Crippen LogP contribution in [0.4, 0.5) is 0 Å². The van der Waals surface area contributed by atoms with E-state index in [0.29, 0.717) is 24.3 Å². The zero-order valence-electron chi connectivity index (χ0n) is 16.4. The van der Waals surface area contributed by atoms with Crippen LogP contribution >= 0.6 is 0 Å². The van der Waals surface area contributed by atoms with Gasteiger partial charge in [0.15, 0.2) is 6.61 Å². The summed E-state index contributed by atoms with van der Waals surface area (Å²) < 4.78 is 15.8. The van der Waals surface area contributed by atoms with Gasteiger partial charge in [0, 0.05) is 12.8 Å². The summed E-state index contributed by atoms with van der Waals surface area (Å²) in [6, 6.07) is 9.76. The topological polar surface area (TPSA) is 110 Å². The number of hydrazone groups is 1. The third-order valence-corrected chi connectivity index (χ3v) is 5.08. The highest BCUT2D eigenvalue weighted by molar-refractivity contribution is 6.03. The molecule has 1 N–H and O–H groups in total. The Kier molecular flexibility index (Phi) is 5.51. The third-order valence-electron chi connectivity index (χ3n) is 5.08. The third kappa shape index (κ3) is 4.05. The number of esters is 1. The number of hydrogen-bond donors (Lipinski definition) is 1. The molecule has 0 unspecified atom stereocenters. The summed E-state index contributed by atoms with van der Waals surface area (Å²) in [6.07, 6.45) is 2.63. The number of methoxy groups -OCH3 is 1. The van der Waals surface area contributed by atoms with Gasteiger partial charge in [0.1, 0.15) is 23.6 Å². The molecular formula is C21H21N3O6. The zero-order chi connectivity index (χ0) is 21.1. The van der Waals surface area contributed by atoms with Gasteiger partial charge in [0.2, 0.25) is 5.91 Å². The van der Waals surface area contributed by atoms with Crippen molar-refractivity contribution in [1.29, 1.82) is 0 Å². The Morgan fingerprint density at radius 3 is 2.70 bits per heavy atom. The standard InChI is InChI=1S/C21H21N3O6/c1-28-14-6-4-13(5-7-14)16-11-17(18-3-2-10-29-18)24(23-16)20(26)12-30-21(27)15-8-9-19(25)22-15/h2-7,10,15,17H,8-9,11-12H2,1H3,(H,22,25)/t15-,17+/m0/s1. The van der Waals surface area contributed by atoms with Crippen LogP contribution in [-0.4, -0.2) is 48.3 Å². The van der Waals surface area contributed by atoms with E-state index in [1.165, 1.54) is 11.3 Å². The van der Waals surface area contributed by atoms with Crippen LogP contribution in [0.25, 0.3) is 0 Å². The van der Waals surface area contributed by atoms with Crippen molar-refractivity contribution >= 4 is 23.5 Å². The molecule has 1 fully saturated rings. The van der Waals surface area contributed by atoms with Gasteiger partial charge in [-0.1, -0.05) is 0 Å². The Balaban J connectivity index is 1.48. The summed E-state index contributed by atoms with van der Waals surface area (Å²) in [5.41, 5.74) is 1.56. The van der Waals surface area contributed by atoms with E-state index in [1.54, 1.807) is 19.2 Å². The molecule has 0 bridgehead atoms. The summed E-state index contributed by atoms with van der Waals surface area (Å²) in [6.45, 7) is -0.470. The Morgan fingerprint density at radius 1 is 1.27 bits per heavy atom. The maximum Gasteiger partial charge on any atom is 0.329 e. The lowest BCUT2D eigenvalue weighted by molar-refractivity contribution is -0.154.